The molecule has 3 rings (SSSR count). The number of rotatable bonds is 4. The van der Waals surface area contributed by atoms with E-state index in [2.05, 4.69) is 5.32 Å². The molecule has 0 radical (unpaired) electrons. The number of halogens is 2. The third-order valence-corrected chi connectivity index (χ3v) is 7.48. The minimum absolute atomic E-state index is 0.0313. The van der Waals surface area contributed by atoms with E-state index in [1.54, 1.807) is 0 Å². The Morgan fingerprint density at radius 3 is 2.59 bits per heavy atom. The fourth-order valence-corrected chi connectivity index (χ4v) is 5.50. The van der Waals surface area contributed by atoms with E-state index in [0.29, 0.717) is 32.2 Å². The van der Waals surface area contributed by atoms with Gasteiger partial charge in [-0.25, -0.2) is 12.8 Å². The van der Waals surface area contributed by atoms with Crippen LogP contribution >= 0.6 is 11.6 Å². The quantitative estimate of drug-likeness (QED) is 0.785. The van der Waals surface area contributed by atoms with E-state index < -0.39 is 21.8 Å². The predicted molar refractivity (Wildman–Crippen MR) is 99.3 cm³/mol. The van der Waals surface area contributed by atoms with E-state index in [1.807, 2.05) is 0 Å². The maximum absolute atomic E-state index is 13.3. The number of nitrogens with zero attached hydrogens (tertiary/aromatic N) is 1. The van der Waals surface area contributed by atoms with Crippen LogP contribution in [0, 0.1) is 11.7 Å². The minimum Gasteiger partial charge on any atom is -0.393 e. The van der Waals surface area contributed by atoms with Gasteiger partial charge in [-0.05, 0) is 56.7 Å². The van der Waals surface area contributed by atoms with Crippen LogP contribution in [0.25, 0.3) is 0 Å². The fraction of sp³-hybridized carbons (Fsp3) is 0.611. The molecular weight excluding hydrogens is 395 g/mol. The molecule has 2 aliphatic rings. The Labute approximate surface area is 163 Å². The largest absolute Gasteiger partial charge is 0.393 e. The Balaban J connectivity index is 1.66. The number of nitrogens with one attached hydrogen (secondary N) is 1. The van der Waals surface area contributed by atoms with Crippen molar-refractivity contribution >= 4 is 27.5 Å². The van der Waals surface area contributed by atoms with Crippen LogP contribution in [0.15, 0.2) is 23.1 Å². The molecule has 27 heavy (non-hydrogen) atoms. The second-order valence-corrected chi connectivity index (χ2v) is 9.64. The van der Waals surface area contributed by atoms with Gasteiger partial charge in [-0.1, -0.05) is 11.6 Å². The molecule has 1 amide bonds. The molecule has 1 atom stereocenters. The number of hydrogen-bond acceptors (Lipinski definition) is 4. The average molecular weight is 419 g/mol. The number of aliphatic hydroxyl groups excluding tert-OH is 1. The minimum atomic E-state index is -3.84. The first-order valence-electron chi connectivity index (χ1n) is 9.21. The molecular formula is C18H24ClFN2O4S. The highest BCUT2D eigenvalue weighted by Gasteiger charge is 2.34. The third kappa shape index (κ3) is 4.80. The van der Waals surface area contributed by atoms with Gasteiger partial charge in [0.25, 0.3) is 0 Å². The van der Waals surface area contributed by atoms with Gasteiger partial charge in [-0.2, -0.15) is 4.31 Å². The van der Waals surface area contributed by atoms with Crippen molar-refractivity contribution in [2.45, 2.75) is 55.6 Å². The summed E-state index contributed by atoms with van der Waals surface area (Å²) in [7, 11) is -3.84. The van der Waals surface area contributed by atoms with Gasteiger partial charge in [0.05, 0.1) is 21.9 Å². The SMILES string of the molecule is O=C(NC1CCC(O)CC1)[C@H]1CCCN(S(=O)(=O)c2ccc(F)c(Cl)c2)C1. The lowest BCUT2D eigenvalue weighted by molar-refractivity contribution is -0.127. The van der Waals surface area contributed by atoms with Crippen LogP contribution < -0.4 is 5.32 Å². The number of piperidine rings is 1. The van der Waals surface area contributed by atoms with Crippen molar-refractivity contribution in [3.8, 4) is 0 Å². The van der Waals surface area contributed by atoms with Crippen LogP contribution in [0.1, 0.15) is 38.5 Å². The van der Waals surface area contributed by atoms with Gasteiger partial charge in [0, 0.05) is 19.1 Å². The molecule has 2 N–H and O–H groups in total. The van der Waals surface area contributed by atoms with Crippen LogP contribution in [-0.2, 0) is 14.8 Å². The van der Waals surface area contributed by atoms with E-state index in [-0.39, 0.29) is 34.5 Å². The Bertz CT molecular complexity index is 797. The second-order valence-electron chi connectivity index (χ2n) is 7.29. The summed E-state index contributed by atoms with van der Waals surface area (Å²) < 4.78 is 40.3. The molecule has 0 spiro atoms. The third-order valence-electron chi connectivity index (χ3n) is 5.33. The van der Waals surface area contributed by atoms with Gasteiger partial charge >= 0.3 is 0 Å². The van der Waals surface area contributed by atoms with Crippen LogP contribution in [-0.4, -0.2) is 49.0 Å². The number of sulfonamides is 1. The Morgan fingerprint density at radius 1 is 1.22 bits per heavy atom. The number of benzene rings is 1. The lowest BCUT2D eigenvalue weighted by Crippen LogP contribution is -2.48. The highest BCUT2D eigenvalue weighted by molar-refractivity contribution is 7.89. The summed E-state index contributed by atoms with van der Waals surface area (Å²) in [5, 5.41) is 12.3. The van der Waals surface area contributed by atoms with Gasteiger partial charge < -0.3 is 10.4 Å². The highest BCUT2D eigenvalue weighted by Crippen LogP contribution is 2.27. The van der Waals surface area contributed by atoms with E-state index in [9.17, 15) is 22.7 Å². The first kappa shape index (κ1) is 20.5. The van der Waals surface area contributed by atoms with Crippen LogP contribution in [0.3, 0.4) is 0 Å². The average Bonchev–Trinajstić information content (AvgIpc) is 2.66. The lowest BCUT2D eigenvalue weighted by atomic mass is 9.92. The number of amides is 1. The van der Waals surface area contributed by atoms with E-state index in [1.165, 1.54) is 10.4 Å². The molecule has 0 aromatic heterocycles. The van der Waals surface area contributed by atoms with Crippen molar-refractivity contribution in [3.05, 3.63) is 29.0 Å². The van der Waals surface area contributed by atoms with Crippen molar-refractivity contribution in [3.63, 3.8) is 0 Å². The summed E-state index contributed by atoms with van der Waals surface area (Å²) in [5.41, 5.74) is 0. The standard InChI is InChI=1S/C18H24ClFN2O4S/c19-16-10-15(7-8-17(16)20)27(25,26)22-9-1-2-12(11-22)18(24)21-13-3-5-14(23)6-4-13/h7-8,10,12-14,23H,1-6,9,11H2,(H,21,24)/t12-,13?,14?/m0/s1. The first-order valence-corrected chi connectivity index (χ1v) is 11.0. The highest BCUT2D eigenvalue weighted by atomic mass is 35.5. The number of carbonyl (C=O) groups is 1. The molecule has 1 aromatic carbocycles. The summed E-state index contributed by atoms with van der Waals surface area (Å²) in [6.45, 7) is 0.412. The van der Waals surface area contributed by atoms with Crippen molar-refractivity contribution < 1.29 is 22.7 Å². The Kier molecular flexibility index (Phi) is 6.40. The van der Waals surface area contributed by atoms with Gasteiger partial charge in [0.15, 0.2) is 0 Å². The van der Waals surface area contributed by atoms with E-state index in [0.717, 1.165) is 25.0 Å². The van der Waals surface area contributed by atoms with Gasteiger partial charge in [0.2, 0.25) is 15.9 Å². The molecule has 1 heterocycles. The predicted octanol–water partition coefficient (Wildman–Crippen LogP) is 2.30. The molecule has 1 aliphatic heterocycles. The molecule has 1 saturated heterocycles. The van der Waals surface area contributed by atoms with Crippen LogP contribution in [0.5, 0.6) is 0 Å². The van der Waals surface area contributed by atoms with Crippen LogP contribution in [0.2, 0.25) is 5.02 Å². The zero-order valence-electron chi connectivity index (χ0n) is 14.9. The number of hydrogen-bond donors (Lipinski definition) is 2. The first-order chi connectivity index (χ1) is 12.8. The zero-order chi connectivity index (χ0) is 19.6. The van der Waals surface area contributed by atoms with Crippen molar-refractivity contribution in [1.82, 2.24) is 9.62 Å². The molecule has 1 saturated carbocycles. The maximum atomic E-state index is 13.3. The molecule has 150 valence electrons. The molecule has 9 heteroatoms. The number of aliphatic hydroxyl groups is 1. The van der Waals surface area contributed by atoms with Crippen molar-refractivity contribution in [2.24, 2.45) is 5.92 Å². The normalized spacial score (nSPS) is 27.3. The smallest absolute Gasteiger partial charge is 0.243 e. The molecule has 0 unspecified atom stereocenters. The summed E-state index contributed by atoms with van der Waals surface area (Å²) in [6, 6.07) is 3.35. The van der Waals surface area contributed by atoms with Gasteiger partial charge in [-0.15, -0.1) is 0 Å². The van der Waals surface area contributed by atoms with E-state index >= 15 is 0 Å². The zero-order valence-corrected chi connectivity index (χ0v) is 16.5. The summed E-state index contributed by atoms with van der Waals surface area (Å²) >= 11 is 5.72. The fourth-order valence-electron chi connectivity index (χ4n) is 3.70. The Morgan fingerprint density at radius 2 is 1.93 bits per heavy atom. The topological polar surface area (TPSA) is 86.7 Å². The maximum Gasteiger partial charge on any atom is 0.243 e. The summed E-state index contributed by atoms with van der Waals surface area (Å²) in [6.07, 6.45) is 3.71. The molecule has 2 fully saturated rings. The Hall–Kier alpha value is -1.22. The summed E-state index contributed by atoms with van der Waals surface area (Å²) in [5.74, 6) is -1.24. The van der Waals surface area contributed by atoms with E-state index in [4.69, 9.17) is 11.6 Å². The molecule has 1 aliphatic carbocycles. The van der Waals surface area contributed by atoms with Gasteiger partial charge in [-0.3, -0.25) is 4.79 Å². The van der Waals surface area contributed by atoms with Crippen molar-refractivity contribution in [2.75, 3.05) is 13.1 Å². The number of carbonyl (C=O) groups excluding carboxylic acids is 1. The lowest BCUT2D eigenvalue weighted by Gasteiger charge is -2.33. The van der Waals surface area contributed by atoms with Crippen LogP contribution in [0.4, 0.5) is 4.39 Å². The summed E-state index contributed by atoms with van der Waals surface area (Å²) in [4.78, 5) is 12.5. The molecule has 0 bridgehead atoms. The van der Waals surface area contributed by atoms with Crippen molar-refractivity contribution in [1.29, 1.82) is 0 Å². The molecule has 1 aromatic rings. The van der Waals surface area contributed by atoms with Gasteiger partial charge in [0.1, 0.15) is 5.82 Å². The second kappa shape index (κ2) is 8.43. The monoisotopic (exact) mass is 418 g/mol. The molecule has 6 nitrogen and oxygen atoms in total.